The second-order valence-corrected chi connectivity index (χ2v) is 11.4. The summed E-state index contributed by atoms with van der Waals surface area (Å²) in [4.78, 5) is 26.6. The molecule has 2 aromatic carbocycles. The van der Waals surface area contributed by atoms with Gasteiger partial charge in [0.15, 0.2) is 5.75 Å². The average molecular weight is 564 g/mol. The van der Waals surface area contributed by atoms with Gasteiger partial charge in [-0.2, -0.15) is 0 Å². The SMILES string of the molecule is CN1CCN(c2ccc(-c3cnc4[nH]cc(-c5ccc(C(=O)N6CCC6(C)C)cc5)c4c3)cc2OC(F)(F)F)CC1. The van der Waals surface area contributed by atoms with Gasteiger partial charge in [-0.25, -0.2) is 4.98 Å². The minimum atomic E-state index is -4.81. The van der Waals surface area contributed by atoms with E-state index in [9.17, 15) is 18.0 Å². The van der Waals surface area contributed by atoms with E-state index in [1.807, 2.05) is 59.4 Å². The molecule has 4 heterocycles. The third-order valence-corrected chi connectivity index (χ3v) is 8.26. The summed E-state index contributed by atoms with van der Waals surface area (Å²) in [5, 5.41) is 0.826. The molecule has 0 atom stereocenters. The lowest BCUT2D eigenvalue weighted by atomic mass is 9.88. The Bertz CT molecular complexity index is 1590. The van der Waals surface area contributed by atoms with Crippen LogP contribution in [0.3, 0.4) is 0 Å². The molecule has 2 aliphatic heterocycles. The summed E-state index contributed by atoms with van der Waals surface area (Å²) < 4.78 is 44.7. The van der Waals surface area contributed by atoms with E-state index < -0.39 is 6.36 Å². The molecular weight excluding hydrogens is 531 g/mol. The van der Waals surface area contributed by atoms with Crippen LogP contribution in [0.1, 0.15) is 30.6 Å². The number of likely N-dealkylation sites (tertiary alicyclic amines) is 1. The first kappa shape index (κ1) is 27.1. The molecule has 2 aromatic heterocycles. The van der Waals surface area contributed by atoms with Crippen molar-refractivity contribution in [3.8, 4) is 28.0 Å². The number of carbonyl (C=O) groups excluding carboxylic acids is 1. The Morgan fingerprint density at radius 3 is 2.29 bits per heavy atom. The second kappa shape index (κ2) is 10.1. The van der Waals surface area contributed by atoms with Crippen molar-refractivity contribution >= 4 is 22.6 Å². The molecule has 2 aliphatic rings. The number of carbonyl (C=O) groups is 1. The highest BCUT2D eigenvalue weighted by Crippen LogP contribution is 2.39. The van der Waals surface area contributed by atoms with E-state index in [2.05, 4.69) is 33.5 Å². The predicted molar refractivity (Wildman–Crippen MR) is 153 cm³/mol. The molecular formula is C31H32F3N5O2. The molecule has 7 nitrogen and oxygen atoms in total. The first-order chi connectivity index (χ1) is 19.5. The summed E-state index contributed by atoms with van der Waals surface area (Å²) in [5.74, 6) is -0.202. The Labute approximate surface area is 236 Å². The molecule has 0 radical (unpaired) electrons. The van der Waals surface area contributed by atoms with Crippen molar-refractivity contribution in [2.24, 2.45) is 0 Å². The van der Waals surface area contributed by atoms with Crippen LogP contribution in [0.5, 0.6) is 5.75 Å². The Hall–Kier alpha value is -4.05. The maximum atomic E-state index is 13.4. The number of rotatable bonds is 5. The van der Waals surface area contributed by atoms with Crippen LogP contribution in [-0.2, 0) is 0 Å². The summed E-state index contributed by atoms with van der Waals surface area (Å²) in [7, 11) is 1.99. The molecule has 2 fully saturated rings. The Morgan fingerprint density at radius 2 is 1.66 bits per heavy atom. The molecule has 0 bridgehead atoms. The third kappa shape index (κ3) is 5.36. The molecule has 0 unspecified atom stereocenters. The van der Waals surface area contributed by atoms with Crippen molar-refractivity contribution in [1.29, 1.82) is 0 Å². The summed E-state index contributed by atoms with van der Waals surface area (Å²) >= 11 is 0. The zero-order valence-corrected chi connectivity index (χ0v) is 23.3. The fraction of sp³-hybridized carbons (Fsp3) is 0.355. The fourth-order valence-corrected chi connectivity index (χ4v) is 5.60. The van der Waals surface area contributed by atoms with Crippen LogP contribution >= 0.6 is 0 Å². The first-order valence-electron chi connectivity index (χ1n) is 13.7. The lowest BCUT2D eigenvalue weighted by Crippen LogP contribution is -2.58. The van der Waals surface area contributed by atoms with Crippen LogP contribution in [0.4, 0.5) is 18.9 Å². The van der Waals surface area contributed by atoms with E-state index in [1.54, 1.807) is 12.3 Å². The molecule has 1 N–H and O–H groups in total. The number of likely N-dealkylation sites (N-methyl/N-ethyl adjacent to an activating group) is 1. The molecule has 0 spiro atoms. The summed E-state index contributed by atoms with van der Waals surface area (Å²) in [6, 6.07) is 14.3. The molecule has 4 aromatic rings. The van der Waals surface area contributed by atoms with Crippen molar-refractivity contribution in [3.05, 3.63) is 66.5 Å². The number of aromatic amines is 1. The highest BCUT2D eigenvalue weighted by Gasteiger charge is 2.39. The standard InChI is InChI=1S/C31H32F3N5O2/c1-30(2)10-11-39(30)29(40)21-6-4-20(5-7-21)25-19-36-28-24(25)16-23(18-35-28)22-8-9-26(27(17-22)41-31(32,33)34)38-14-12-37(3)13-15-38/h4-9,16-19H,10-15H2,1-3H3,(H,35,36). The van der Waals surface area contributed by atoms with Crippen LogP contribution < -0.4 is 9.64 Å². The number of hydrogen-bond acceptors (Lipinski definition) is 5. The van der Waals surface area contributed by atoms with Gasteiger partial charge in [-0.3, -0.25) is 4.79 Å². The zero-order valence-electron chi connectivity index (χ0n) is 23.3. The number of hydrogen-bond donors (Lipinski definition) is 1. The van der Waals surface area contributed by atoms with Gasteiger partial charge in [0.05, 0.1) is 5.69 Å². The summed E-state index contributed by atoms with van der Waals surface area (Å²) in [6.45, 7) is 7.64. The Morgan fingerprint density at radius 1 is 0.951 bits per heavy atom. The third-order valence-electron chi connectivity index (χ3n) is 8.26. The van der Waals surface area contributed by atoms with Gasteiger partial charge in [-0.15, -0.1) is 13.2 Å². The van der Waals surface area contributed by atoms with Gasteiger partial charge in [0.25, 0.3) is 5.91 Å². The van der Waals surface area contributed by atoms with Gasteiger partial charge in [0, 0.05) is 72.7 Å². The molecule has 1 amide bonds. The summed E-state index contributed by atoms with van der Waals surface area (Å²) in [6.07, 6.45) is -0.328. The molecule has 214 valence electrons. The number of ether oxygens (including phenoxy) is 1. The van der Waals surface area contributed by atoms with E-state index in [1.165, 1.54) is 6.07 Å². The number of pyridine rings is 1. The second-order valence-electron chi connectivity index (χ2n) is 11.4. The maximum absolute atomic E-state index is 13.4. The summed E-state index contributed by atoms with van der Waals surface area (Å²) in [5.41, 5.74) is 4.63. The number of benzene rings is 2. The van der Waals surface area contributed by atoms with Crippen molar-refractivity contribution < 1.29 is 22.7 Å². The van der Waals surface area contributed by atoms with E-state index >= 15 is 0 Å². The van der Waals surface area contributed by atoms with E-state index in [-0.39, 0.29) is 17.2 Å². The number of nitrogens with zero attached hydrogens (tertiary/aromatic N) is 4. The highest BCUT2D eigenvalue weighted by atomic mass is 19.4. The average Bonchev–Trinajstić information content (AvgIpc) is 3.35. The number of halogens is 3. The van der Waals surface area contributed by atoms with Crippen molar-refractivity contribution in [1.82, 2.24) is 19.8 Å². The number of alkyl halides is 3. The van der Waals surface area contributed by atoms with Gasteiger partial charge < -0.3 is 24.4 Å². The largest absolute Gasteiger partial charge is 0.573 e. The van der Waals surface area contributed by atoms with E-state index in [0.717, 1.165) is 42.6 Å². The molecule has 10 heteroatoms. The number of nitrogens with one attached hydrogen (secondary N) is 1. The maximum Gasteiger partial charge on any atom is 0.573 e. The van der Waals surface area contributed by atoms with Gasteiger partial charge >= 0.3 is 6.36 Å². The van der Waals surface area contributed by atoms with Crippen LogP contribution in [0.2, 0.25) is 0 Å². The van der Waals surface area contributed by atoms with Crippen LogP contribution in [-0.4, -0.2) is 77.3 Å². The molecule has 41 heavy (non-hydrogen) atoms. The van der Waals surface area contributed by atoms with Crippen LogP contribution in [0.15, 0.2) is 60.9 Å². The lowest BCUT2D eigenvalue weighted by molar-refractivity contribution is -0.274. The van der Waals surface area contributed by atoms with Gasteiger partial charge in [-0.1, -0.05) is 18.2 Å². The smallest absolute Gasteiger partial charge is 0.404 e. The fourth-order valence-electron chi connectivity index (χ4n) is 5.60. The number of fused-ring (bicyclic) bond motifs is 1. The Kier molecular flexibility index (Phi) is 6.68. The number of amides is 1. The van der Waals surface area contributed by atoms with Crippen molar-refractivity contribution in [2.45, 2.75) is 32.2 Å². The van der Waals surface area contributed by atoms with Crippen LogP contribution in [0.25, 0.3) is 33.3 Å². The molecule has 0 saturated carbocycles. The van der Waals surface area contributed by atoms with Gasteiger partial charge in [0.1, 0.15) is 5.65 Å². The highest BCUT2D eigenvalue weighted by molar-refractivity contribution is 5.98. The monoisotopic (exact) mass is 563 g/mol. The Balaban J connectivity index is 1.31. The topological polar surface area (TPSA) is 64.7 Å². The minimum Gasteiger partial charge on any atom is -0.404 e. The van der Waals surface area contributed by atoms with Gasteiger partial charge in [0.2, 0.25) is 0 Å². The predicted octanol–water partition coefficient (Wildman–Crippen LogP) is 6.17. The van der Waals surface area contributed by atoms with Crippen molar-refractivity contribution in [2.75, 3.05) is 44.7 Å². The lowest BCUT2D eigenvalue weighted by Gasteiger charge is -2.48. The zero-order chi connectivity index (χ0) is 28.9. The number of aromatic nitrogens is 2. The normalized spacial score (nSPS) is 17.5. The number of piperazine rings is 1. The number of H-pyrrole nitrogens is 1. The van der Waals surface area contributed by atoms with Crippen LogP contribution in [0, 0.1) is 0 Å². The van der Waals surface area contributed by atoms with E-state index in [0.29, 0.717) is 41.1 Å². The molecule has 0 aliphatic carbocycles. The van der Waals surface area contributed by atoms with E-state index in [4.69, 9.17) is 0 Å². The van der Waals surface area contributed by atoms with Crippen molar-refractivity contribution in [3.63, 3.8) is 0 Å². The first-order valence-corrected chi connectivity index (χ1v) is 13.7. The molecule has 6 rings (SSSR count). The molecule has 2 saturated heterocycles. The number of anilines is 1. The quantitative estimate of drug-likeness (QED) is 0.315. The minimum absolute atomic E-state index is 0.0209. The van der Waals surface area contributed by atoms with Gasteiger partial charge in [-0.05, 0) is 68.8 Å².